The smallest absolute Gasteiger partial charge is 0.0872 e. The maximum Gasteiger partial charge on any atom is 0.0872 e. The Morgan fingerprint density at radius 3 is 2.44 bits per heavy atom. The minimum absolute atomic E-state index is 0.662. The lowest BCUT2D eigenvalue weighted by molar-refractivity contribution is 0.223. The molecule has 52 valence electrons. The van der Waals surface area contributed by atoms with Gasteiger partial charge >= 0.3 is 0 Å². The monoisotopic (exact) mass is 126 g/mol. The zero-order valence-electron chi connectivity index (χ0n) is 6.13. The standard InChI is InChI=1S/C8H14O/c1-3-6-4-5(2)7-8(6)9-7/h5-8H,3-4H2,1-2H3. The fraction of sp³-hybridized carbons (Fsp3) is 1.00. The van der Waals surface area contributed by atoms with E-state index in [1.165, 1.54) is 12.8 Å². The predicted molar refractivity (Wildman–Crippen MR) is 36.2 cm³/mol. The number of rotatable bonds is 1. The molecule has 1 aliphatic heterocycles. The van der Waals surface area contributed by atoms with E-state index < -0.39 is 0 Å². The molecule has 0 radical (unpaired) electrons. The van der Waals surface area contributed by atoms with Crippen molar-refractivity contribution in [2.24, 2.45) is 11.8 Å². The molecule has 1 heteroatoms. The second kappa shape index (κ2) is 1.72. The van der Waals surface area contributed by atoms with Crippen molar-refractivity contribution in [3.8, 4) is 0 Å². The molecule has 9 heavy (non-hydrogen) atoms. The van der Waals surface area contributed by atoms with Gasteiger partial charge in [-0.1, -0.05) is 20.3 Å². The summed E-state index contributed by atoms with van der Waals surface area (Å²) in [6.07, 6.45) is 4.05. The Balaban J connectivity index is 2.00. The van der Waals surface area contributed by atoms with Gasteiger partial charge < -0.3 is 4.74 Å². The molecule has 0 spiro atoms. The van der Waals surface area contributed by atoms with E-state index in [0.717, 1.165) is 11.8 Å². The lowest BCUT2D eigenvalue weighted by Crippen LogP contribution is -2.02. The highest BCUT2D eigenvalue weighted by molar-refractivity contribution is 5.00. The van der Waals surface area contributed by atoms with Gasteiger partial charge in [0.05, 0.1) is 12.2 Å². The predicted octanol–water partition coefficient (Wildman–Crippen LogP) is 1.82. The van der Waals surface area contributed by atoms with E-state index in [-0.39, 0.29) is 0 Å². The summed E-state index contributed by atoms with van der Waals surface area (Å²) in [5.41, 5.74) is 0. The fourth-order valence-corrected chi connectivity index (χ4v) is 2.12. The van der Waals surface area contributed by atoms with Gasteiger partial charge in [-0.25, -0.2) is 0 Å². The molecule has 0 bridgehead atoms. The molecule has 0 amide bonds. The van der Waals surface area contributed by atoms with Gasteiger partial charge in [-0.05, 0) is 18.3 Å². The number of hydrogen-bond acceptors (Lipinski definition) is 1. The normalized spacial score (nSPS) is 55.3. The van der Waals surface area contributed by atoms with E-state index in [4.69, 9.17) is 4.74 Å². The highest BCUT2D eigenvalue weighted by atomic mass is 16.6. The summed E-state index contributed by atoms with van der Waals surface area (Å²) in [5.74, 6) is 1.74. The number of hydrogen-bond donors (Lipinski definition) is 0. The summed E-state index contributed by atoms with van der Waals surface area (Å²) >= 11 is 0. The third kappa shape index (κ3) is 0.710. The van der Waals surface area contributed by atoms with Crippen molar-refractivity contribution >= 4 is 0 Å². The van der Waals surface area contributed by atoms with E-state index in [1.807, 2.05) is 0 Å². The van der Waals surface area contributed by atoms with Crippen LogP contribution in [-0.4, -0.2) is 12.2 Å². The van der Waals surface area contributed by atoms with Gasteiger partial charge in [-0.2, -0.15) is 0 Å². The van der Waals surface area contributed by atoms with Gasteiger partial charge in [0.15, 0.2) is 0 Å². The molecule has 4 unspecified atom stereocenters. The van der Waals surface area contributed by atoms with Gasteiger partial charge in [0.25, 0.3) is 0 Å². The van der Waals surface area contributed by atoms with Gasteiger partial charge in [0.1, 0.15) is 0 Å². The highest BCUT2D eigenvalue weighted by Crippen LogP contribution is 2.47. The Morgan fingerprint density at radius 2 is 2.22 bits per heavy atom. The first-order valence-electron chi connectivity index (χ1n) is 3.98. The largest absolute Gasteiger partial charge is 0.369 e. The van der Waals surface area contributed by atoms with Crippen LogP contribution in [0.2, 0.25) is 0 Å². The van der Waals surface area contributed by atoms with Crippen molar-refractivity contribution in [1.82, 2.24) is 0 Å². The molecule has 0 aromatic heterocycles. The molecule has 2 aliphatic rings. The molecule has 0 aromatic rings. The average Bonchev–Trinajstić information content (AvgIpc) is 2.56. The topological polar surface area (TPSA) is 12.5 Å². The number of epoxide rings is 1. The number of fused-ring (bicyclic) bond motifs is 1. The van der Waals surface area contributed by atoms with Crippen LogP contribution in [0.4, 0.5) is 0 Å². The van der Waals surface area contributed by atoms with Crippen LogP contribution in [0.1, 0.15) is 26.7 Å². The van der Waals surface area contributed by atoms with Crippen LogP contribution in [-0.2, 0) is 4.74 Å². The molecule has 1 aliphatic carbocycles. The lowest BCUT2D eigenvalue weighted by Gasteiger charge is -2.08. The van der Waals surface area contributed by atoms with Crippen LogP contribution in [0.3, 0.4) is 0 Å². The van der Waals surface area contributed by atoms with Crippen LogP contribution < -0.4 is 0 Å². The first-order chi connectivity index (χ1) is 4.33. The second-order valence-corrected chi connectivity index (χ2v) is 3.45. The van der Waals surface area contributed by atoms with E-state index in [2.05, 4.69) is 13.8 Å². The van der Waals surface area contributed by atoms with Crippen molar-refractivity contribution in [2.75, 3.05) is 0 Å². The van der Waals surface area contributed by atoms with Gasteiger partial charge in [-0.3, -0.25) is 0 Å². The molecule has 0 N–H and O–H groups in total. The van der Waals surface area contributed by atoms with Crippen molar-refractivity contribution in [2.45, 2.75) is 38.9 Å². The summed E-state index contributed by atoms with van der Waals surface area (Å²) in [7, 11) is 0. The maximum atomic E-state index is 5.47. The minimum atomic E-state index is 0.662. The Labute approximate surface area is 56.4 Å². The van der Waals surface area contributed by atoms with Crippen LogP contribution in [0.25, 0.3) is 0 Å². The van der Waals surface area contributed by atoms with Gasteiger partial charge in [0.2, 0.25) is 0 Å². The maximum absolute atomic E-state index is 5.47. The fourth-order valence-electron chi connectivity index (χ4n) is 2.12. The minimum Gasteiger partial charge on any atom is -0.369 e. The summed E-state index contributed by atoms with van der Waals surface area (Å²) in [6.45, 7) is 4.57. The molecular formula is C8H14O. The zero-order chi connectivity index (χ0) is 6.43. The molecule has 2 rings (SSSR count). The summed E-state index contributed by atoms with van der Waals surface area (Å²) in [5, 5.41) is 0. The molecule has 0 aromatic carbocycles. The molecule has 4 atom stereocenters. The second-order valence-electron chi connectivity index (χ2n) is 3.45. The van der Waals surface area contributed by atoms with E-state index in [0.29, 0.717) is 12.2 Å². The van der Waals surface area contributed by atoms with E-state index in [1.54, 1.807) is 0 Å². The molecule has 1 nitrogen and oxygen atoms in total. The third-order valence-corrected chi connectivity index (χ3v) is 2.79. The highest BCUT2D eigenvalue weighted by Gasteiger charge is 2.53. The molecule has 1 saturated heterocycles. The Hall–Kier alpha value is -0.0400. The van der Waals surface area contributed by atoms with E-state index >= 15 is 0 Å². The van der Waals surface area contributed by atoms with E-state index in [9.17, 15) is 0 Å². The molecule has 1 heterocycles. The van der Waals surface area contributed by atoms with Crippen LogP contribution in [0, 0.1) is 11.8 Å². The first kappa shape index (κ1) is 5.72. The summed E-state index contributed by atoms with van der Waals surface area (Å²) in [4.78, 5) is 0. The summed E-state index contributed by atoms with van der Waals surface area (Å²) in [6, 6.07) is 0. The zero-order valence-corrected chi connectivity index (χ0v) is 6.13. The van der Waals surface area contributed by atoms with Crippen molar-refractivity contribution < 1.29 is 4.74 Å². The van der Waals surface area contributed by atoms with Crippen molar-refractivity contribution in [3.63, 3.8) is 0 Å². The molecule has 1 saturated carbocycles. The van der Waals surface area contributed by atoms with Gasteiger partial charge in [-0.15, -0.1) is 0 Å². The molecular weight excluding hydrogens is 112 g/mol. The lowest BCUT2D eigenvalue weighted by atomic mass is 10.0. The Bertz CT molecular complexity index is 122. The Kier molecular flexibility index (Phi) is 1.10. The number of ether oxygens (including phenoxy) is 1. The SMILES string of the molecule is CCC1CC(C)C2OC12. The van der Waals surface area contributed by atoms with Crippen molar-refractivity contribution in [3.05, 3.63) is 0 Å². The Morgan fingerprint density at radius 1 is 1.44 bits per heavy atom. The average molecular weight is 126 g/mol. The molecule has 2 fully saturated rings. The first-order valence-corrected chi connectivity index (χ1v) is 3.98. The van der Waals surface area contributed by atoms with Crippen LogP contribution in [0.5, 0.6) is 0 Å². The van der Waals surface area contributed by atoms with Crippen LogP contribution in [0.15, 0.2) is 0 Å². The summed E-state index contributed by atoms with van der Waals surface area (Å²) < 4.78 is 5.47. The quantitative estimate of drug-likeness (QED) is 0.488. The van der Waals surface area contributed by atoms with Crippen LogP contribution >= 0.6 is 0 Å². The van der Waals surface area contributed by atoms with Gasteiger partial charge in [0, 0.05) is 0 Å². The van der Waals surface area contributed by atoms with Crippen molar-refractivity contribution in [1.29, 1.82) is 0 Å². The third-order valence-electron chi connectivity index (χ3n) is 2.79.